The van der Waals surface area contributed by atoms with Gasteiger partial charge in [-0.05, 0) is 47.9 Å². The Balaban J connectivity index is 1.59. The Bertz CT molecular complexity index is 1390. The maximum absolute atomic E-state index is 12.9. The van der Waals surface area contributed by atoms with Crippen LogP contribution >= 0.6 is 0 Å². The lowest BCUT2D eigenvalue weighted by molar-refractivity contribution is -0.385. The Morgan fingerprint density at radius 3 is 2.28 bits per heavy atom. The van der Waals surface area contributed by atoms with Crippen LogP contribution in [0.1, 0.15) is 11.1 Å². The summed E-state index contributed by atoms with van der Waals surface area (Å²) in [6.45, 7) is 0.432. The van der Waals surface area contributed by atoms with E-state index in [-0.39, 0.29) is 27.7 Å². The molecule has 3 aromatic carbocycles. The summed E-state index contributed by atoms with van der Waals surface area (Å²) < 4.78 is 55.1. The van der Waals surface area contributed by atoms with Crippen molar-refractivity contribution in [1.29, 1.82) is 0 Å². The van der Waals surface area contributed by atoms with Crippen LogP contribution in [0.4, 0.5) is 11.4 Å². The predicted molar refractivity (Wildman–Crippen MR) is 118 cm³/mol. The molecule has 9 nitrogen and oxygen atoms in total. The Hall–Kier alpha value is -3.28. The highest BCUT2D eigenvalue weighted by molar-refractivity contribution is 7.92. The molecule has 0 aliphatic carbocycles. The quantitative estimate of drug-likeness (QED) is 0.433. The summed E-state index contributed by atoms with van der Waals surface area (Å²) in [5.74, 6) is 0. The summed E-state index contributed by atoms with van der Waals surface area (Å²) in [6.07, 6.45) is 0.499. The zero-order valence-electron chi connectivity index (χ0n) is 16.7. The van der Waals surface area contributed by atoms with Crippen molar-refractivity contribution in [1.82, 2.24) is 4.31 Å². The Kier molecular flexibility index (Phi) is 5.71. The molecule has 4 rings (SSSR count). The van der Waals surface area contributed by atoms with E-state index < -0.39 is 25.0 Å². The number of nitro groups is 1. The fraction of sp³-hybridized carbons (Fsp3) is 0.143. The second kappa shape index (κ2) is 8.34. The first kappa shape index (κ1) is 21.9. The summed E-state index contributed by atoms with van der Waals surface area (Å²) in [6, 6.07) is 17.8. The second-order valence-corrected chi connectivity index (χ2v) is 10.9. The van der Waals surface area contributed by atoms with Gasteiger partial charge in [-0.25, -0.2) is 16.8 Å². The molecule has 0 bridgehead atoms. The summed E-state index contributed by atoms with van der Waals surface area (Å²) in [7, 11) is -7.74. The first-order valence-corrected chi connectivity index (χ1v) is 12.5. The molecule has 1 N–H and O–H groups in total. The minimum Gasteiger partial charge on any atom is -0.280 e. The van der Waals surface area contributed by atoms with E-state index in [1.807, 2.05) is 0 Å². The second-order valence-electron chi connectivity index (χ2n) is 7.25. The molecule has 0 spiro atoms. The number of anilines is 1. The molecule has 0 atom stereocenters. The highest BCUT2D eigenvalue weighted by Gasteiger charge is 2.28. The zero-order chi connectivity index (χ0) is 22.9. The van der Waals surface area contributed by atoms with Gasteiger partial charge >= 0.3 is 0 Å². The number of benzene rings is 3. The molecule has 0 fully saturated rings. The number of fused-ring (bicyclic) bond motifs is 1. The number of nitro benzene ring substituents is 1. The first-order chi connectivity index (χ1) is 15.2. The zero-order valence-corrected chi connectivity index (χ0v) is 18.3. The van der Waals surface area contributed by atoms with Gasteiger partial charge in [0.15, 0.2) is 0 Å². The van der Waals surface area contributed by atoms with Crippen LogP contribution < -0.4 is 4.72 Å². The van der Waals surface area contributed by atoms with Crippen molar-refractivity contribution in [3.8, 4) is 0 Å². The van der Waals surface area contributed by atoms with Crippen molar-refractivity contribution in [3.63, 3.8) is 0 Å². The summed E-state index contributed by atoms with van der Waals surface area (Å²) in [5, 5.41) is 10.9. The van der Waals surface area contributed by atoms with Gasteiger partial charge in [0.25, 0.3) is 15.7 Å². The minimum atomic E-state index is -4.07. The van der Waals surface area contributed by atoms with Crippen molar-refractivity contribution in [2.45, 2.75) is 22.8 Å². The van der Waals surface area contributed by atoms with E-state index in [1.54, 1.807) is 36.4 Å². The Morgan fingerprint density at radius 1 is 0.844 bits per heavy atom. The van der Waals surface area contributed by atoms with E-state index in [9.17, 15) is 26.9 Å². The monoisotopic (exact) mass is 473 g/mol. The van der Waals surface area contributed by atoms with Crippen LogP contribution in [-0.4, -0.2) is 32.6 Å². The van der Waals surface area contributed by atoms with Gasteiger partial charge in [-0.15, -0.1) is 0 Å². The fourth-order valence-corrected chi connectivity index (χ4v) is 6.05. The summed E-state index contributed by atoms with van der Waals surface area (Å²) in [4.78, 5) is 10.2. The summed E-state index contributed by atoms with van der Waals surface area (Å²) >= 11 is 0. The van der Waals surface area contributed by atoms with Crippen LogP contribution in [0.5, 0.6) is 0 Å². The van der Waals surface area contributed by atoms with Crippen molar-refractivity contribution >= 4 is 31.4 Å². The Morgan fingerprint density at radius 2 is 1.56 bits per heavy atom. The number of rotatable bonds is 6. The average molecular weight is 474 g/mol. The van der Waals surface area contributed by atoms with E-state index >= 15 is 0 Å². The third kappa shape index (κ3) is 4.35. The van der Waals surface area contributed by atoms with Crippen LogP contribution in [0.2, 0.25) is 0 Å². The molecule has 1 aliphatic rings. The molecule has 0 saturated carbocycles. The van der Waals surface area contributed by atoms with Crippen LogP contribution in [0.25, 0.3) is 0 Å². The van der Waals surface area contributed by atoms with Gasteiger partial charge in [-0.1, -0.05) is 30.3 Å². The van der Waals surface area contributed by atoms with E-state index in [2.05, 4.69) is 4.72 Å². The van der Waals surface area contributed by atoms with Crippen molar-refractivity contribution in [2.75, 3.05) is 11.3 Å². The lowest BCUT2D eigenvalue weighted by atomic mass is 10.0. The molecule has 166 valence electrons. The maximum atomic E-state index is 12.9. The molecule has 0 amide bonds. The normalized spacial score (nSPS) is 14.5. The molecule has 11 heteroatoms. The van der Waals surface area contributed by atoms with Gasteiger partial charge < -0.3 is 0 Å². The van der Waals surface area contributed by atoms with Crippen LogP contribution in [-0.2, 0) is 33.0 Å². The lowest BCUT2D eigenvalue weighted by Gasteiger charge is -2.28. The molecule has 0 aromatic heterocycles. The largest absolute Gasteiger partial charge is 0.280 e. The molecule has 1 aliphatic heterocycles. The van der Waals surface area contributed by atoms with Gasteiger partial charge in [0, 0.05) is 30.9 Å². The van der Waals surface area contributed by atoms with E-state index in [0.717, 1.165) is 11.6 Å². The minimum absolute atomic E-state index is 0.110. The molecular formula is C21H19N3O6S2. The van der Waals surface area contributed by atoms with Crippen LogP contribution in [0, 0.1) is 10.1 Å². The predicted octanol–water partition coefficient (Wildman–Crippen LogP) is 3.14. The first-order valence-electron chi connectivity index (χ1n) is 9.61. The maximum Gasteiger partial charge on any atom is 0.270 e. The average Bonchev–Trinajstić information content (AvgIpc) is 2.79. The van der Waals surface area contributed by atoms with Gasteiger partial charge in [-0.3, -0.25) is 14.8 Å². The third-order valence-corrected chi connectivity index (χ3v) is 8.39. The standard InChI is InChI=1S/C21H19N3O6S2/c25-24(26)19-5-4-8-21(14-19)31(27,28)22-18-10-9-16-11-12-23(15-17(16)13-18)32(29,30)20-6-2-1-3-7-20/h1-10,13-14,22H,11-12,15H2. The van der Waals surface area contributed by atoms with E-state index in [0.29, 0.717) is 18.5 Å². The van der Waals surface area contributed by atoms with Gasteiger partial charge in [-0.2, -0.15) is 4.31 Å². The number of hydrogen-bond donors (Lipinski definition) is 1. The molecule has 0 unspecified atom stereocenters. The summed E-state index contributed by atoms with van der Waals surface area (Å²) in [5.41, 5.74) is 1.53. The van der Waals surface area contributed by atoms with Gasteiger partial charge in [0.2, 0.25) is 10.0 Å². The molecule has 3 aromatic rings. The number of hydrogen-bond acceptors (Lipinski definition) is 6. The van der Waals surface area contributed by atoms with E-state index in [4.69, 9.17) is 0 Å². The van der Waals surface area contributed by atoms with Crippen molar-refractivity contribution in [2.24, 2.45) is 0 Å². The molecule has 1 heterocycles. The number of non-ortho nitro benzene ring substituents is 1. The number of sulfonamides is 2. The van der Waals surface area contributed by atoms with Crippen LogP contribution in [0.3, 0.4) is 0 Å². The van der Waals surface area contributed by atoms with Gasteiger partial charge in [0.05, 0.1) is 14.7 Å². The van der Waals surface area contributed by atoms with Crippen molar-refractivity contribution in [3.05, 3.63) is 94.0 Å². The van der Waals surface area contributed by atoms with E-state index in [1.165, 1.54) is 34.6 Å². The topological polar surface area (TPSA) is 127 Å². The fourth-order valence-electron chi connectivity index (χ4n) is 3.52. The smallest absolute Gasteiger partial charge is 0.270 e. The third-order valence-electron chi connectivity index (χ3n) is 5.16. The molecule has 0 radical (unpaired) electrons. The lowest BCUT2D eigenvalue weighted by Crippen LogP contribution is -2.36. The molecule has 32 heavy (non-hydrogen) atoms. The van der Waals surface area contributed by atoms with Gasteiger partial charge in [0.1, 0.15) is 0 Å². The van der Waals surface area contributed by atoms with Crippen LogP contribution in [0.15, 0.2) is 82.6 Å². The Labute approximate surface area is 185 Å². The molecular weight excluding hydrogens is 454 g/mol. The highest BCUT2D eigenvalue weighted by atomic mass is 32.2. The highest BCUT2D eigenvalue weighted by Crippen LogP contribution is 2.28. The van der Waals surface area contributed by atoms with Crippen molar-refractivity contribution < 1.29 is 21.8 Å². The molecule has 0 saturated heterocycles. The number of nitrogens with zero attached hydrogens (tertiary/aromatic N) is 2. The number of nitrogens with one attached hydrogen (secondary N) is 1. The SMILES string of the molecule is O=[N+]([O-])c1cccc(S(=O)(=O)Nc2ccc3c(c2)CN(S(=O)(=O)c2ccccc2)CC3)c1.